The van der Waals surface area contributed by atoms with Gasteiger partial charge in [0.2, 0.25) is 0 Å². The topological polar surface area (TPSA) is 12.4 Å². The molecule has 5 aliphatic rings. The molecule has 0 saturated carbocycles. The van der Waals surface area contributed by atoms with Gasteiger partial charge in [0.1, 0.15) is 0 Å². The van der Waals surface area contributed by atoms with Crippen molar-refractivity contribution in [3.8, 4) is 0 Å². The minimum Gasteiger partial charge on any atom is -0.269 e. The van der Waals surface area contributed by atoms with Gasteiger partial charge in [0.25, 0.3) is 0 Å². The Labute approximate surface area is 220 Å². The first-order valence-corrected chi connectivity index (χ1v) is 13.9. The normalized spacial score (nSPS) is 25.9. The van der Waals surface area contributed by atoms with Crippen LogP contribution in [-0.4, -0.2) is 6.21 Å². The Hall–Kier alpha value is -3.71. The molecular formula is C36H33N. The summed E-state index contributed by atoms with van der Waals surface area (Å²) in [5.74, 6) is 1.26. The first kappa shape index (κ1) is 22.5. The van der Waals surface area contributed by atoms with E-state index in [9.17, 15) is 0 Å². The molecule has 0 N–H and O–H groups in total. The molecule has 0 fully saturated rings. The van der Waals surface area contributed by atoms with Crippen LogP contribution in [0.5, 0.6) is 0 Å². The van der Waals surface area contributed by atoms with Gasteiger partial charge >= 0.3 is 0 Å². The van der Waals surface area contributed by atoms with Crippen molar-refractivity contribution < 1.29 is 0 Å². The van der Waals surface area contributed by atoms with E-state index in [0.29, 0.717) is 17.8 Å². The van der Waals surface area contributed by atoms with E-state index in [1.807, 2.05) is 6.21 Å². The number of nitrogens with zero attached hydrogens (tertiary/aromatic N) is 1. The lowest BCUT2D eigenvalue weighted by Gasteiger charge is -2.37. The van der Waals surface area contributed by atoms with E-state index in [2.05, 4.69) is 109 Å². The van der Waals surface area contributed by atoms with Crippen molar-refractivity contribution in [1.82, 2.24) is 0 Å². The molecule has 3 unspecified atom stereocenters. The van der Waals surface area contributed by atoms with Crippen LogP contribution in [0.1, 0.15) is 43.7 Å². The summed E-state index contributed by atoms with van der Waals surface area (Å²) in [5, 5.41) is 2.85. The van der Waals surface area contributed by atoms with Gasteiger partial charge < -0.3 is 0 Å². The van der Waals surface area contributed by atoms with Gasteiger partial charge in [-0.1, -0.05) is 98.0 Å². The maximum atomic E-state index is 4.45. The molecule has 0 spiro atoms. The van der Waals surface area contributed by atoms with Gasteiger partial charge in [0.05, 0.1) is 0 Å². The van der Waals surface area contributed by atoms with Gasteiger partial charge in [-0.15, -0.1) is 0 Å². The summed E-state index contributed by atoms with van der Waals surface area (Å²) in [4.78, 5) is 4.45. The fraction of sp³-hybridized carbons (Fsp3) is 0.250. The predicted molar refractivity (Wildman–Crippen MR) is 156 cm³/mol. The Morgan fingerprint density at radius 3 is 2.19 bits per heavy atom. The average Bonchev–Trinajstić information content (AvgIpc) is 2.96. The average molecular weight is 480 g/mol. The lowest BCUT2D eigenvalue weighted by molar-refractivity contribution is 0.638. The first-order chi connectivity index (χ1) is 18.3. The molecule has 0 radical (unpaired) electrons. The third kappa shape index (κ3) is 3.89. The SMILES string of the molecule is CC1CC(C2=c3ccccc3=C(C3=Cc4ccccc4CC3)C3C=CC=CC23)=CC=C1C1=CN=CCC1. The number of aliphatic imine (C=N–C) groups is 1. The molecule has 2 aromatic rings. The largest absolute Gasteiger partial charge is 0.269 e. The quantitative estimate of drug-likeness (QED) is 0.448. The van der Waals surface area contributed by atoms with Crippen LogP contribution in [-0.2, 0) is 6.42 Å². The number of aryl methyl sites for hydroxylation is 1. The van der Waals surface area contributed by atoms with Crippen LogP contribution in [0, 0.1) is 17.8 Å². The van der Waals surface area contributed by atoms with E-state index >= 15 is 0 Å². The standard InChI is InChI=1S/C36H33N/c1-24-21-27(18-19-30(24)29-11-8-20-37-23-29)35-31-12-4-6-14-33(31)36(34-15-7-5-13-32(34)35)28-17-16-25-9-2-3-10-26(25)22-28/h2-7,9-10,12-15,18-20,22-24,31,33H,8,11,16-17,21H2,1H3. The highest BCUT2D eigenvalue weighted by Gasteiger charge is 2.34. The van der Waals surface area contributed by atoms with Crippen LogP contribution >= 0.6 is 0 Å². The monoisotopic (exact) mass is 479 g/mol. The number of benzene rings is 2. The molecule has 0 aromatic heterocycles. The lowest BCUT2D eigenvalue weighted by Crippen LogP contribution is -2.41. The van der Waals surface area contributed by atoms with Crippen molar-refractivity contribution in [1.29, 1.82) is 0 Å². The van der Waals surface area contributed by atoms with Crippen LogP contribution in [0.25, 0.3) is 17.2 Å². The highest BCUT2D eigenvalue weighted by molar-refractivity contribution is 5.85. The molecule has 4 aliphatic carbocycles. The van der Waals surface area contributed by atoms with Gasteiger partial charge in [-0.3, -0.25) is 4.99 Å². The van der Waals surface area contributed by atoms with Crippen molar-refractivity contribution in [2.24, 2.45) is 22.7 Å². The molecule has 7 rings (SSSR count). The molecule has 1 heterocycles. The number of allylic oxidation sites excluding steroid dienone is 10. The maximum absolute atomic E-state index is 4.45. The summed E-state index contributed by atoms with van der Waals surface area (Å²) in [7, 11) is 0. The maximum Gasteiger partial charge on any atom is 0.0298 e. The Kier molecular flexibility index (Phi) is 5.65. The van der Waals surface area contributed by atoms with Gasteiger partial charge in [-0.2, -0.15) is 0 Å². The molecule has 2 aromatic carbocycles. The summed E-state index contributed by atoms with van der Waals surface area (Å²) in [6, 6.07) is 18.1. The van der Waals surface area contributed by atoms with Crippen LogP contribution < -0.4 is 10.4 Å². The van der Waals surface area contributed by atoms with E-state index in [-0.39, 0.29) is 0 Å². The number of rotatable bonds is 3. The molecule has 0 amide bonds. The van der Waals surface area contributed by atoms with Crippen molar-refractivity contribution in [2.45, 2.75) is 39.0 Å². The minimum atomic E-state index is 0.375. The molecule has 1 nitrogen and oxygen atoms in total. The Morgan fingerprint density at radius 2 is 1.46 bits per heavy atom. The fourth-order valence-corrected chi connectivity index (χ4v) is 7.10. The zero-order valence-electron chi connectivity index (χ0n) is 21.5. The highest BCUT2D eigenvalue weighted by Crippen LogP contribution is 2.45. The number of fused-ring (bicyclic) bond motifs is 3. The summed E-state index contributed by atoms with van der Waals surface area (Å²) in [6.45, 7) is 2.39. The van der Waals surface area contributed by atoms with E-state index in [1.165, 1.54) is 55.0 Å². The number of hydrogen-bond acceptors (Lipinski definition) is 1. The van der Waals surface area contributed by atoms with Crippen molar-refractivity contribution in [3.63, 3.8) is 0 Å². The van der Waals surface area contributed by atoms with Crippen LogP contribution in [0.2, 0.25) is 0 Å². The Morgan fingerprint density at radius 1 is 0.730 bits per heavy atom. The van der Waals surface area contributed by atoms with Gasteiger partial charge in [-0.25, -0.2) is 0 Å². The van der Waals surface area contributed by atoms with Crippen LogP contribution in [0.4, 0.5) is 0 Å². The van der Waals surface area contributed by atoms with Crippen LogP contribution in [0.3, 0.4) is 0 Å². The van der Waals surface area contributed by atoms with Gasteiger partial charge in [-0.05, 0) is 93.0 Å². The molecule has 0 bridgehead atoms. The second kappa shape index (κ2) is 9.30. The smallest absolute Gasteiger partial charge is 0.0298 e. The second-order valence-corrected chi connectivity index (χ2v) is 11.0. The minimum absolute atomic E-state index is 0.375. The molecule has 1 aliphatic heterocycles. The van der Waals surface area contributed by atoms with Gasteiger partial charge in [0, 0.05) is 24.3 Å². The van der Waals surface area contributed by atoms with Crippen molar-refractivity contribution >= 4 is 23.4 Å². The van der Waals surface area contributed by atoms with E-state index in [4.69, 9.17) is 0 Å². The van der Waals surface area contributed by atoms with Crippen molar-refractivity contribution in [3.05, 3.63) is 135 Å². The summed E-state index contributed by atoms with van der Waals surface area (Å²) in [6.07, 6.45) is 26.3. The molecule has 0 saturated heterocycles. The first-order valence-electron chi connectivity index (χ1n) is 13.9. The Balaban J connectivity index is 1.43. The molecule has 182 valence electrons. The third-order valence-electron chi connectivity index (χ3n) is 8.82. The zero-order chi connectivity index (χ0) is 24.8. The summed E-state index contributed by atoms with van der Waals surface area (Å²) >= 11 is 0. The van der Waals surface area contributed by atoms with Crippen LogP contribution in [0.15, 0.2) is 118 Å². The summed E-state index contributed by atoms with van der Waals surface area (Å²) < 4.78 is 0. The molecular weight excluding hydrogens is 446 g/mol. The van der Waals surface area contributed by atoms with Crippen molar-refractivity contribution in [2.75, 3.05) is 0 Å². The second-order valence-electron chi connectivity index (χ2n) is 11.0. The van der Waals surface area contributed by atoms with E-state index in [1.54, 1.807) is 0 Å². The third-order valence-corrected chi connectivity index (χ3v) is 8.82. The lowest BCUT2D eigenvalue weighted by atomic mass is 9.67. The molecule has 3 atom stereocenters. The van der Waals surface area contributed by atoms with E-state index in [0.717, 1.165) is 32.1 Å². The zero-order valence-corrected chi connectivity index (χ0v) is 21.5. The highest BCUT2D eigenvalue weighted by atomic mass is 14.7. The predicted octanol–water partition coefficient (Wildman–Crippen LogP) is 7.03. The molecule has 1 heteroatoms. The fourth-order valence-electron chi connectivity index (χ4n) is 7.10. The van der Waals surface area contributed by atoms with E-state index < -0.39 is 0 Å². The summed E-state index contributed by atoms with van der Waals surface area (Å²) in [5.41, 5.74) is 11.8. The Bertz CT molecular complexity index is 1610. The number of hydrogen-bond donors (Lipinski definition) is 0. The molecule has 37 heavy (non-hydrogen) atoms. The van der Waals surface area contributed by atoms with Gasteiger partial charge in [0.15, 0.2) is 0 Å².